The SMILES string of the molecule is CC(C)c1ccnn1C(C)(C)F. The number of alkyl halides is 1. The normalized spacial score (nSPS) is 12.5. The van der Waals surface area contributed by atoms with Crippen LogP contribution >= 0.6 is 0 Å². The van der Waals surface area contributed by atoms with E-state index in [4.69, 9.17) is 0 Å². The van der Waals surface area contributed by atoms with Gasteiger partial charge in [0, 0.05) is 11.9 Å². The summed E-state index contributed by atoms with van der Waals surface area (Å²) >= 11 is 0. The van der Waals surface area contributed by atoms with Gasteiger partial charge in [0.25, 0.3) is 0 Å². The second kappa shape index (κ2) is 2.88. The van der Waals surface area contributed by atoms with Crippen LogP contribution in [0.25, 0.3) is 0 Å². The zero-order valence-electron chi connectivity index (χ0n) is 8.00. The Morgan fingerprint density at radius 2 is 2.08 bits per heavy atom. The van der Waals surface area contributed by atoms with Crippen LogP contribution in [0.2, 0.25) is 0 Å². The summed E-state index contributed by atoms with van der Waals surface area (Å²) in [5, 5.41) is 3.95. The molecule has 1 heterocycles. The molecule has 1 aromatic heterocycles. The molecular formula is C9H15FN2. The van der Waals surface area contributed by atoms with Gasteiger partial charge in [-0.05, 0) is 25.8 Å². The van der Waals surface area contributed by atoms with Crippen molar-refractivity contribution in [3.8, 4) is 0 Å². The highest BCUT2D eigenvalue weighted by Crippen LogP contribution is 2.22. The van der Waals surface area contributed by atoms with E-state index in [-0.39, 0.29) is 0 Å². The van der Waals surface area contributed by atoms with E-state index in [1.165, 1.54) is 18.5 Å². The van der Waals surface area contributed by atoms with Gasteiger partial charge >= 0.3 is 0 Å². The minimum Gasteiger partial charge on any atom is -0.234 e. The van der Waals surface area contributed by atoms with Gasteiger partial charge in [-0.1, -0.05) is 13.8 Å². The van der Waals surface area contributed by atoms with Crippen molar-refractivity contribution in [3.63, 3.8) is 0 Å². The van der Waals surface area contributed by atoms with E-state index in [2.05, 4.69) is 5.10 Å². The van der Waals surface area contributed by atoms with E-state index in [9.17, 15) is 4.39 Å². The number of aromatic nitrogens is 2. The molecular weight excluding hydrogens is 155 g/mol. The summed E-state index contributed by atoms with van der Waals surface area (Å²) < 4.78 is 14.9. The van der Waals surface area contributed by atoms with E-state index in [1.54, 1.807) is 6.20 Å². The van der Waals surface area contributed by atoms with Crippen LogP contribution in [0.1, 0.15) is 39.3 Å². The number of hydrogen-bond acceptors (Lipinski definition) is 1. The standard InChI is InChI=1S/C9H15FN2/c1-7(2)8-5-6-11-12(8)9(3,4)10/h5-7H,1-4H3. The molecule has 0 spiro atoms. The van der Waals surface area contributed by atoms with Crippen LogP contribution in [0.3, 0.4) is 0 Å². The fourth-order valence-electron chi connectivity index (χ4n) is 1.19. The van der Waals surface area contributed by atoms with Crippen LogP contribution in [0.4, 0.5) is 4.39 Å². The maximum atomic E-state index is 13.5. The van der Waals surface area contributed by atoms with Crippen molar-refractivity contribution in [1.82, 2.24) is 9.78 Å². The molecule has 0 aliphatic rings. The fourth-order valence-corrected chi connectivity index (χ4v) is 1.19. The summed E-state index contributed by atoms with van der Waals surface area (Å²) in [5.41, 5.74) is 0.933. The van der Waals surface area contributed by atoms with Gasteiger partial charge in [0.15, 0.2) is 5.79 Å². The van der Waals surface area contributed by atoms with Crippen molar-refractivity contribution < 1.29 is 4.39 Å². The summed E-state index contributed by atoms with van der Waals surface area (Å²) in [4.78, 5) is 0. The highest BCUT2D eigenvalue weighted by atomic mass is 19.1. The topological polar surface area (TPSA) is 17.8 Å². The van der Waals surface area contributed by atoms with Gasteiger partial charge in [0.1, 0.15) is 0 Å². The first-order valence-electron chi connectivity index (χ1n) is 4.16. The average Bonchev–Trinajstić information content (AvgIpc) is 2.30. The molecule has 0 unspecified atom stereocenters. The van der Waals surface area contributed by atoms with E-state index in [1.807, 2.05) is 19.9 Å². The second-order valence-corrected chi connectivity index (χ2v) is 3.73. The zero-order valence-corrected chi connectivity index (χ0v) is 8.00. The molecule has 2 nitrogen and oxygen atoms in total. The molecule has 0 N–H and O–H groups in total. The van der Waals surface area contributed by atoms with Gasteiger partial charge in [-0.25, -0.2) is 9.07 Å². The van der Waals surface area contributed by atoms with Crippen molar-refractivity contribution in [2.45, 2.75) is 39.4 Å². The molecule has 1 rings (SSSR count). The van der Waals surface area contributed by atoms with Crippen LogP contribution in [-0.2, 0) is 5.79 Å². The predicted molar refractivity (Wildman–Crippen MR) is 46.7 cm³/mol. The third-order valence-corrected chi connectivity index (χ3v) is 1.77. The number of nitrogens with zero attached hydrogens (tertiary/aromatic N) is 2. The lowest BCUT2D eigenvalue weighted by atomic mass is 10.1. The quantitative estimate of drug-likeness (QED) is 0.667. The largest absolute Gasteiger partial charge is 0.234 e. The van der Waals surface area contributed by atoms with E-state index < -0.39 is 5.79 Å². The first kappa shape index (κ1) is 9.23. The Balaban J connectivity index is 3.08. The summed E-state index contributed by atoms with van der Waals surface area (Å²) in [6.07, 6.45) is 1.64. The maximum Gasteiger partial charge on any atom is 0.196 e. The third kappa shape index (κ3) is 1.65. The van der Waals surface area contributed by atoms with Crippen molar-refractivity contribution in [2.24, 2.45) is 0 Å². The van der Waals surface area contributed by atoms with Crippen LogP contribution in [-0.4, -0.2) is 9.78 Å². The van der Waals surface area contributed by atoms with Gasteiger partial charge in [-0.3, -0.25) is 0 Å². The molecule has 0 amide bonds. The zero-order chi connectivity index (χ0) is 9.35. The first-order valence-corrected chi connectivity index (χ1v) is 4.16. The van der Waals surface area contributed by atoms with Gasteiger partial charge in [-0.2, -0.15) is 5.10 Å². The molecule has 1 aromatic rings. The Labute approximate surface area is 72.4 Å². The molecule has 0 aromatic carbocycles. The van der Waals surface area contributed by atoms with Gasteiger partial charge in [0.05, 0.1) is 0 Å². The lowest BCUT2D eigenvalue weighted by molar-refractivity contribution is 0.0969. The molecule has 0 saturated carbocycles. The Hall–Kier alpha value is -0.860. The summed E-state index contributed by atoms with van der Waals surface area (Å²) in [5.74, 6) is -1.09. The molecule has 0 radical (unpaired) electrons. The molecule has 12 heavy (non-hydrogen) atoms. The first-order chi connectivity index (χ1) is 5.43. The lowest BCUT2D eigenvalue weighted by Gasteiger charge is -2.19. The number of rotatable bonds is 2. The molecule has 0 saturated heterocycles. The molecule has 0 aliphatic carbocycles. The molecule has 0 fully saturated rings. The Morgan fingerprint density at radius 3 is 2.42 bits per heavy atom. The van der Waals surface area contributed by atoms with Crippen molar-refractivity contribution in [3.05, 3.63) is 18.0 Å². The van der Waals surface area contributed by atoms with E-state index >= 15 is 0 Å². The van der Waals surface area contributed by atoms with Gasteiger partial charge in [-0.15, -0.1) is 0 Å². The van der Waals surface area contributed by atoms with Crippen molar-refractivity contribution >= 4 is 0 Å². The monoisotopic (exact) mass is 170 g/mol. The summed E-state index contributed by atoms with van der Waals surface area (Å²) in [6, 6.07) is 1.85. The van der Waals surface area contributed by atoms with E-state index in [0.717, 1.165) is 5.69 Å². The molecule has 3 heteroatoms. The van der Waals surface area contributed by atoms with Crippen LogP contribution in [0.15, 0.2) is 12.3 Å². The second-order valence-electron chi connectivity index (χ2n) is 3.73. The third-order valence-electron chi connectivity index (χ3n) is 1.77. The fraction of sp³-hybridized carbons (Fsp3) is 0.667. The maximum absolute atomic E-state index is 13.5. The van der Waals surface area contributed by atoms with Crippen molar-refractivity contribution in [2.75, 3.05) is 0 Å². The number of hydrogen-bond donors (Lipinski definition) is 0. The molecule has 0 atom stereocenters. The molecule has 0 bridgehead atoms. The minimum absolute atomic E-state index is 0.308. The smallest absolute Gasteiger partial charge is 0.196 e. The summed E-state index contributed by atoms with van der Waals surface area (Å²) in [6.45, 7) is 7.07. The van der Waals surface area contributed by atoms with Gasteiger partial charge in [0.2, 0.25) is 0 Å². The van der Waals surface area contributed by atoms with Gasteiger partial charge < -0.3 is 0 Å². The predicted octanol–water partition coefficient (Wildman–Crippen LogP) is 2.67. The lowest BCUT2D eigenvalue weighted by Crippen LogP contribution is -2.24. The van der Waals surface area contributed by atoms with Crippen LogP contribution in [0, 0.1) is 0 Å². The van der Waals surface area contributed by atoms with E-state index in [0.29, 0.717) is 5.92 Å². The Morgan fingerprint density at radius 1 is 1.50 bits per heavy atom. The van der Waals surface area contributed by atoms with Crippen LogP contribution < -0.4 is 0 Å². The molecule has 68 valence electrons. The number of halogens is 1. The Kier molecular flexibility index (Phi) is 2.22. The minimum atomic E-state index is -1.40. The highest BCUT2D eigenvalue weighted by Gasteiger charge is 2.22. The average molecular weight is 170 g/mol. The van der Waals surface area contributed by atoms with Crippen LogP contribution in [0.5, 0.6) is 0 Å². The molecule has 0 aliphatic heterocycles. The Bertz CT molecular complexity index is 258. The van der Waals surface area contributed by atoms with Crippen molar-refractivity contribution in [1.29, 1.82) is 0 Å². The summed E-state index contributed by atoms with van der Waals surface area (Å²) in [7, 11) is 0. The highest BCUT2D eigenvalue weighted by molar-refractivity contribution is 5.06.